The number of nitrogens with zero attached hydrogens (tertiary/aromatic N) is 2. The van der Waals surface area contributed by atoms with E-state index in [1.807, 2.05) is 38.1 Å². The molecule has 2 N–H and O–H groups in total. The third-order valence-electron chi connectivity index (χ3n) is 5.56. The van der Waals surface area contributed by atoms with Crippen LogP contribution in [0.4, 0.5) is 5.69 Å². The molecule has 0 aliphatic carbocycles. The van der Waals surface area contributed by atoms with Gasteiger partial charge in [0, 0.05) is 23.6 Å². The normalized spacial score (nSPS) is 12.1. The number of hydrogen-bond donors (Lipinski definition) is 2. The van der Waals surface area contributed by atoms with Gasteiger partial charge in [0.15, 0.2) is 11.5 Å². The van der Waals surface area contributed by atoms with E-state index in [-0.39, 0.29) is 5.91 Å². The van der Waals surface area contributed by atoms with Gasteiger partial charge in [-0.1, -0.05) is 26.0 Å². The molecule has 35 heavy (non-hydrogen) atoms. The smallest absolute Gasteiger partial charge is 0.258 e. The van der Waals surface area contributed by atoms with Gasteiger partial charge in [0.1, 0.15) is 0 Å². The van der Waals surface area contributed by atoms with Crippen LogP contribution in [0.1, 0.15) is 61.5 Å². The van der Waals surface area contributed by atoms with E-state index in [2.05, 4.69) is 46.6 Å². The zero-order valence-corrected chi connectivity index (χ0v) is 20.9. The van der Waals surface area contributed by atoms with Crippen molar-refractivity contribution in [1.29, 1.82) is 0 Å². The first-order valence-electron chi connectivity index (χ1n) is 12.0. The van der Waals surface area contributed by atoms with E-state index in [9.17, 15) is 4.79 Å². The van der Waals surface area contributed by atoms with Gasteiger partial charge in [0.05, 0.1) is 19.8 Å². The topological polar surface area (TPSA) is 84.8 Å². The van der Waals surface area contributed by atoms with Crippen LogP contribution >= 0.6 is 0 Å². The summed E-state index contributed by atoms with van der Waals surface area (Å²) in [5.41, 5.74) is 3.55. The molecule has 0 fully saturated rings. The van der Waals surface area contributed by atoms with Crippen LogP contribution in [-0.4, -0.2) is 30.1 Å². The summed E-state index contributed by atoms with van der Waals surface area (Å²) in [6, 6.07) is 17.1. The number of ether oxygens (including phenoxy) is 2. The van der Waals surface area contributed by atoms with Crippen LogP contribution in [0.3, 0.4) is 0 Å². The largest absolute Gasteiger partial charge is 0.490 e. The number of pyridine rings is 1. The Labute approximate surface area is 207 Å². The van der Waals surface area contributed by atoms with Crippen molar-refractivity contribution in [2.45, 2.75) is 46.6 Å². The molecule has 7 heteroatoms. The summed E-state index contributed by atoms with van der Waals surface area (Å²) in [6.45, 7) is 9.55. The van der Waals surface area contributed by atoms with Crippen LogP contribution in [0.15, 0.2) is 72.0 Å². The molecule has 1 amide bonds. The number of aliphatic imine (C=N–C) groups is 1. The van der Waals surface area contributed by atoms with Gasteiger partial charge in [-0.15, -0.1) is 0 Å². The third-order valence-corrected chi connectivity index (χ3v) is 5.56. The maximum atomic E-state index is 13.1. The summed E-state index contributed by atoms with van der Waals surface area (Å²) in [5.74, 6) is 1.69. The summed E-state index contributed by atoms with van der Waals surface area (Å²) >= 11 is 0. The number of rotatable bonds is 10. The van der Waals surface area contributed by atoms with Crippen LogP contribution in [0.25, 0.3) is 0 Å². The van der Waals surface area contributed by atoms with E-state index in [0.717, 1.165) is 17.7 Å². The first kappa shape index (κ1) is 25.7. The number of anilines is 1. The number of carbonyl (C=O) groups is 1. The highest BCUT2D eigenvalue weighted by atomic mass is 16.5. The van der Waals surface area contributed by atoms with E-state index in [4.69, 9.17) is 9.47 Å². The van der Waals surface area contributed by atoms with Crippen molar-refractivity contribution in [2.75, 3.05) is 18.5 Å². The highest BCUT2D eigenvalue weighted by Crippen LogP contribution is 2.28. The van der Waals surface area contributed by atoms with Crippen LogP contribution < -0.4 is 20.1 Å². The number of hydrogen-bond acceptors (Lipinski definition) is 5. The minimum atomic E-state index is -0.300. The van der Waals surface area contributed by atoms with Gasteiger partial charge in [-0.25, -0.2) is 4.99 Å². The average molecular weight is 475 g/mol. The van der Waals surface area contributed by atoms with Crippen molar-refractivity contribution in [3.05, 3.63) is 83.7 Å². The quantitative estimate of drug-likeness (QED) is 0.287. The van der Waals surface area contributed by atoms with E-state index < -0.39 is 0 Å². The molecule has 0 saturated carbocycles. The number of amides is 1. The van der Waals surface area contributed by atoms with E-state index in [1.54, 1.807) is 30.6 Å². The van der Waals surface area contributed by atoms with Crippen molar-refractivity contribution in [3.8, 4) is 11.5 Å². The lowest BCUT2D eigenvalue weighted by Gasteiger charge is -2.15. The second-order valence-corrected chi connectivity index (χ2v) is 8.06. The van der Waals surface area contributed by atoms with Gasteiger partial charge >= 0.3 is 0 Å². The monoisotopic (exact) mass is 474 g/mol. The molecule has 0 radical (unpaired) electrons. The summed E-state index contributed by atoms with van der Waals surface area (Å²) in [5, 5.41) is 6.16. The zero-order chi connectivity index (χ0) is 25.0. The predicted octanol–water partition coefficient (Wildman–Crippen LogP) is 5.79. The average Bonchev–Trinajstić information content (AvgIpc) is 2.89. The SMILES string of the molecule is CCOc1ccc(C(=O)NC(=NCc2ccncc2)Nc2ccc([C@@H](C)CC)cc2)cc1OCC. The molecule has 0 spiro atoms. The Morgan fingerprint density at radius 2 is 1.63 bits per heavy atom. The molecule has 0 aliphatic rings. The Balaban J connectivity index is 1.82. The molecule has 2 aromatic carbocycles. The summed E-state index contributed by atoms with van der Waals surface area (Å²) in [7, 11) is 0. The van der Waals surface area contributed by atoms with Crippen molar-refractivity contribution in [1.82, 2.24) is 10.3 Å². The van der Waals surface area contributed by atoms with Crippen LogP contribution in [0, 0.1) is 0 Å². The summed E-state index contributed by atoms with van der Waals surface area (Å²) < 4.78 is 11.3. The second-order valence-electron chi connectivity index (χ2n) is 8.06. The van der Waals surface area contributed by atoms with Gasteiger partial charge in [-0.2, -0.15) is 0 Å². The second kappa shape index (κ2) is 13.1. The molecule has 1 heterocycles. The third kappa shape index (κ3) is 7.57. The van der Waals surface area contributed by atoms with Crippen molar-refractivity contribution >= 4 is 17.6 Å². The fraction of sp³-hybridized carbons (Fsp3) is 0.321. The molecule has 1 aromatic heterocycles. The highest BCUT2D eigenvalue weighted by molar-refractivity contribution is 6.10. The van der Waals surface area contributed by atoms with E-state index >= 15 is 0 Å². The standard InChI is InChI=1S/C28H34N4O3/c1-5-20(4)22-8-11-24(12-9-22)31-28(30-19-21-14-16-29-17-15-21)32-27(33)23-10-13-25(34-6-2)26(18-23)35-7-3/h8-18,20H,5-7,19H2,1-4H3,(H2,30,31,32,33)/t20-/m0/s1. The van der Waals surface area contributed by atoms with Crippen molar-refractivity contribution in [3.63, 3.8) is 0 Å². The molecular formula is C28H34N4O3. The number of benzene rings is 2. The highest BCUT2D eigenvalue weighted by Gasteiger charge is 2.14. The Morgan fingerprint density at radius 1 is 0.943 bits per heavy atom. The minimum absolute atomic E-state index is 0.300. The molecule has 3 rings (SSSR count). The Bertz CT molecular complexity index is 1110. The van der Waals surface area contributed by atoms with Crippen LogP contribution in [-0.2, 0) is 6.54 Å². The molecule has 3 aromatic rings. The number of aromatic nitrogens is 1. The molecule has 0 aliphatic heterocycles. The van der Waals surface area contributed by atoms with Crippen molar-refractivity contribution in [2.24, 2.45) is 4.99 Å². The van der Waals surface area contributed by atoms with Gasteiger partial charge < -0.3 is 14.8 Å². The van der Waals surface area contributed by atoms with E-state index in [0.29, 0.717) is 48.7 Å². The molecule has 184 valence electrons. The minimum Gasteiger partial charge on any atom is -0.490 e. The molecule has 7 nitrogen and oxygen atoms in total. The van der Waals surface area contributed by atoms with E-state index in [1.165, 1.54) is 5.56 Å². The lowest BCUT2D eigenvalue weighted by molar-refractivity contribution is 0.0976. The predicted molar refractivity (Wildman–Crippen MR) is 140 cm³/mol. The van der Waals surface area contributed by atoms with Gasteiger partial charge in [0.2, 0.25) is 5.96 Å². The van der Waals surface area contributed by atoms with Crippen LogP contribution in [0.2, 0.25) is 0 Å². The number of nitrogens with one attached hydrogen (secondary N) is 2. The van der Waals surface area contributed by atoms with Crippen molar-refractivity contribution < 1.29 is 14.3 Å². The molecule has 0 bridgehead atoms. The number of guanidine groups is 1. The Hall–Kier alpha value is -3.87. The maximum absolute atomic E-state index is 13.1. The van der Waals surface area contributed by atoms with Gasteiger partial charge in [0.25, 0.3) is 5.91 Å². The van der Waals surface area contributed by atoms with Crippen LogP contribution in [0.5, 0.6) is 11.5 Å². The fourth-order valence-electron chi connectivity index (χ4n) is 3.41. The Kier molecular flexibility index (Phi) is 9.66. The Morgan fingerprint density at radius 3 is 2.29 bits per heavy atom. The first-order valence-corrected chi connectivity index (χ1v) is 12.0. The molecule has 0 unspecified atom stereocenters. The lowest BCUT2D eigenvalue weighted by atomic mass is 9.99. The lowest BCUT2D eigenvalue weighted by Crippen LogP contribution is -2.36. The summed E-state index contributed by atoms with van der Waals surface area (Å²) in [4.78, 5) is 21.8. The van der Waals surface area contributed by atoms with Gasteiger partial charge in [-0.05, 0) is 79.8 Å². The fourth-order valence-corrected chi connectivity index (χ4v) is 3.41. The molecule has 0 saturated heterocycles. The molecule has 1 atom stereocenters. The van der Waals surface area contributed by atoms with Gasteiger partial charge in [-0.3, -0.25) is 15.1 Å². The zero-order valence-electron chi connectivity index (χ0n) is 20.9. The molecular weight excluding hydrogens is 440 g/mol. The number of carbonyl (C=O) groups excluding carboxylic acids is 1. The first-order chi connectivity index (χ1) is 17.0. The maximum Gasteiger partial charge on any atom is 0.258 e. The summed E-state index contributed by atoms with van der Waals surface area (Å²) in [6.07, 6.45) is 4.52.